The van der Waals surface area contributed by atoms with Crippen LogP contribution in [0.5, 0.6) is 11.5 Å². The average Bonchev–Trinajstić information content (AvgIpc) is 3.14. The van der Waals surface area contributed by atoms with E-state index in [1.165, 1.54) is 30.7 Å². The molecule has 8 nitrogen and oxygen atoms in total. The van der Waals surface area contributed by atoms with Crippen LogP contribution in [0.25, 0.3) is 11.2 Å². The lowest BCUT2D eigenvalue weighted by Gasteiger charge is -2.09. The van der Waals surface area contributed by atoms with Crippen LogP contribution < -0.4 is 14.8 Å². The van der Waals surface area contributed by atoms with Crippen molar-refractivity contribution in [2.45, 2.75) is 6.29 Å². The van der Waals surface area contributed by atoms with Gasteiger partial charge in [-0.3, -0.25) is 0 Å². The highest BCUT2D eigenvalue weighted by Gasteiger charge is 2.43. The van der Waals surface area contributed by atoms with Gasteiger partial charge in [0.05, 0.1) is 11.8 Å². The molecule has 1 aliphatic heterocycles. The first-order valence-corrected chi connectivity index (χ1v) is 6.73. The molecule has 1 aliphatic rings. The zero-order valence-electron chi connectivity index (χ0n) is 11.8. The third-order valence-corrected chi connectivity index (χ3v) is 3.35. The number of nitrogens with zero attached hydrogens (tertiary/aromatic N) is 3. The average molecular weight is 333 g/mol. The van der Waals surface area contributed by atoms with Crippen molar-refractivity contribution in [3.05, 3.63) is 42.4 Å². The van der Waals surface area contributed by atoms with Crippen LogP contribution in [0.15, 0.2) is 41.9 Å². The second-order valence-corrected chi connectivity index (χ2v) is 4.86. The van der Waals surface area contributed by atoms with E-state index in [1.54, 1.807) is 6.07 Å². The van der Waals surface area contributed by atoms with Crippen molar-refractivity contribution in [1.29, 1.82) is 0 Å². The molecule has 4 rings (SSSR count). The minimum absolute atomic E-state index is 0.0760. The molecule has 0 saturated carbocycles. The minimum atomic E-state index is -3.69. The predicted octanol–water partition coefficient (Wildman–Crippen LogP) is 2.53. The Bertz CT molecular complexity index is 956. The van der Waals surface area contributed by atoms with Crippen molar-refractivity contribution in [1.82, 2.24) is 15.0 Å². The van der Waals surface area contributed by atoms with Crippen LogP contribution >= 0.6 is 0 Å². The van der Waals surface area contributed by atoms with Crippen LogP contribution in [0, 0.1) is 0 Å². The Hall–Kier alpha value is -3.43. The van der Waals surface area contributed by atoms with Gasteiger partial charge in [0.25, 0.3) is 0 Å². The summed E-state index contributed by atoms with van der Waals surface area (Å²) in [6.45, 7) is 0. The number of halogens is 2. The van der Waals surface area contributed by atoms with Crippen LogP contribution in [0.3, 0.4) is 0 Å². The lowest BCUT2D eigenvalue weighted by Crippen LogP contribution is -2.25. The van der Waals surface area contributed by atoms with Crippen LogP contribution in [0.2, 0.25) is 0 Å². The smallest absolute Gasteiger partial charge is 0.409 e. The van der Waals surface area contributed by atoms with E-state index in [1.807, 2.05) is 0 Å². The van der Waals surface area contributed by atoms with E-state index in [2.05, 4.69) is 34.9 Å². The Morgan fingerprint density at radius 3 is 2.88 bits per heavy atom. The maximum atomic E-state index is 13.1. The monoisotopic (exact) mass is 333 g/mol. The Morgan fingerprint density at radius 2 is 2.04 bits per heavy atom. The van der Waals surface area contributed by atoms with Gasteiger partial charge in [-0.15, -0.1) is 8.78 Å². The van der Waals surface area contributed by atoms with Gasteiger partial charge in [-0.1, -0.05) is 5.16 Å². The molecule has 3 heterocycles. The lowest BCUT2D eigenvalue weighted by atomic mass is 10.2. The van der Waals surface area contributed by atoms with E-state index >= 15 is 0 Å². The van der Waals surface area contributed by atoms with Crippen LogP contribution in [0.1, 0.15) is 5.56 Å². The summed E-state index contributed by atoms with van der Waals surface area (Å²) in [6.07, 6.45) is -0.730. The molecule has 0 saturated heterocycles. The van der Waals surface area contributed by atoms with Gasteiger partial charge in [0, 0.05) is 23.5 Å². The number of rotatable bonds is 2. The molecule has 0 atom stereocenters. The fraction of sp³-hybridized carbons (Fsp3) is 0.0714. The number of imidazole rings is 1. The molecule has 3 N–H and O–H groups in total. The third kappa shape index (κ3) is 2.33. The standard InChI is InChI=1S/C14H9F2N5O3/c15-14(16)23-9-2-1-7(5-10(9)24-14)20-12(21-22)8-3-4-17-13-11(8)18-6-19-13/h1-6,22H,(H,20,21)(H,17,18,19). The van der Waals surface area contributed by atoms with E-state index < -0.39 is 6.29 Å². The molecule has 10 heteroatoms. The number of fused-ring (bicyclic) bond motifs is 2. The highest BCUT2D eigenvalue weighted by Crippen LogP contribution is 2.42. The van der Waals surface area contributed by atoms with Crippen molar-refractivity contribution < 1.29 is 23.5 Å². The molecule has 0 fully saturated rings. The Kier molecular flexibility index (Phi) is 2.98. The fourth-order valence-electron chi connectivity index (χ4n) is 2.36. The van der Waals surface area contributed by atoms with Crippen LogP contribution in [0.4, 0.5) is 14.5 Å². The molecule has 2 aromatic heterocycles. The van der Waals surface area contributed by atoms with Gasteiger partial charge in [-0.2, -0.15) is 0 Å². The van der Waals surface area contributed by atoms with Crippen molar-refractivity contribution in [3.8, 4) is 11.5 Å². The van der Waals surface area contributed by atoms with E-state index in [0.717, 1.165) is 0 Å². The van der Waals surface area contributed by atoms with Gasteiger partial charge >= 0.3 is 6.29 Å². The number of amidine groups is 1. The SMILES string of the molecule is O/N=C(/Nc1ccc2c(c1)OC(F)(F)O2)c1ccnc2nc[nH]c12. The number of pyridine rings is 1. The molecular formula is C14H9F2N5O3. The quantitative estimate of drug-likeness (QED) is 0.288. The third-order valence-electron chi connectivity index (χ3n) is 3.35. The summed E-state index contributed by atoms with van der Waals surface area (Å²) >= 11 is 0. The first-order valence-electron chi connectivity index (χ1n) is 6.73. The zero-order chi connectivity index (χ0) is 16.7. The van der Waals surface area contributed by atoms with E-state index in [0.29, 0.717) is 22.4 Å². The number of hydrogen-bond acceptors (Lipinski definition) is 6. The second kappa shape index (κ2) is 5.05. The van der Waals surface area contributed by atoms with Gasteiger partial charge in [0.2, 0.25) is 0 Å². The van der Waals surface area contributed by atoms with Gasteiger partial charge < -0.3 is 25.0 Å². The van der Waals surface area contributed by atoms with Gasteiger partial charge in [0.1, 0.15) is 0 Å². The van der Waals surface area contributed by atoms with E-state index in [4.69, 9.17) is 0 Å². The molecule has 3 aromatic rings. The molecule has 0 radical (unpaired) electrons. The molecule has 1 aromatic carbocycles. The minimum Gasteiger partial charge on any atom is -0.409 e. The van der Waals surface area contributed by atoms with Crippen molar-refractivity contribution in [2.24, 2.45) is 5.16 Å². The summed E-state index contributed by atoms with van der Waals surface area (Å²) in [5.74, 6) is -0.117. The van der Waals surface area contributed by atoms with Crippen molar-refractivity contribution in [3.63, 3.8) is 0 Å². The Labute approximate surface area is 132 Å². The fourth-order valence-corrected chi connectivity index (χ4v) is 2.36. The molecule has 0 bridgehead atoms. The number of aromatic nitrogens is 3. The number of H-pyrrole nitrogens is 1. The molecule has 0 spiro atoms. The number of ether oxygens (including phenoxy) is 2. The van der Waals surface area contributed by atoms with Gasteiger partial charge in [-0.25, -0.2) is 9.97 Å². The molecule has 0 aliphatic carbocycles. The number of alkyl halides is 2. The highest BCUT2D eigenvalue weighted by molar-refractivity contribution is 6.13. The summed E-state index contributed by atoms with van der Waals surface area (Å²) in [6, 6.07) is 5.74. The first kappa shape index (κ1) is 14.2. The summed E-state index contributed by atoms with van der Waals surface area (Å²) in [5, 5.41) is 15.4. The summed E-state index contributed by atoms with van der Waals surface area (Å²) < 4.78 is 34.8. The molecule has 122 valence electrons. The first-order chi connectivity index (χ1) is 11.6. The highest BCUT2D eigenvalue weighted by atomic mass is 19.3. The molecule has 24 heavy (non-hydrogen) atoms. The Morgan fingerprint density at radius 1 is 1.21 bits per heavy atom. The van der Waals surface area contributed by atoms with Crippen LogP contribution in [-0.2, 0) is 0 Å². The van der Waals surface area contributed by atoms with E-state index in [9.17, 15) is 14.0 Å². The molecular weight excluding hydrogens is 324 g/mol. The number of aromatic amines is 1. The van der Waals surface area contributed by atoms with Crippen molar-refractivity contribution in [2.75, 3.05) is 5.32 Å². The van der Waals surface area contributed by atoms with Gasteiger partial charge in [-0.05, 0) is 18.2 Å². The maximum Gasteiger partial charge on any atom is 0.586 e. The summed E-state index contributed by atoms with van der Waals surface area (Å²) in [4.78, 5) is 11.0. The van der Waals surface area contributed by atoms with Gasteiger partial charge in [0.15, 0.2) is 23.0 Å². The number of oxime groups is 1. The van der Waals surface area contributed by atoms with Crippen molar-refractivity contribution >= 4 is 22.7 Å². The second-order valence-electron chi connectivity index (χ2n) is 4.86. The normalized spacial score (nSPS) is 15.7. The number of nitrogens with one attached hydrogen (secondary N) is 2. The Balaban J connectivity index is 1.66. The summed E-state index contributed by atoms with van der Waals surface area (Å²) in [5.41, 5.74) is 1.88. The zero-order valence-corrected chi connectivity index (χ0v) is 11.8. The lowest BCUT2D eigenvalue weighted by molar-refractivity contribution is -0.286. The number of benzene rings is 1. The number of hydrogen-bond donors (Lipinski definition) is 3. The number of anilines is 1. The molecule has 0 unspecified atom stereocenters. The maximum absolute atomic E-state index is 13.1. The topological polar surface area (TPSA) is 105 Å². The summed E-state index contributed by atoms with van der Waals surface area (Å²) in [7, 11) is 0. The largest absolute Gasteiger partial charge is 0.586 e. The predicted molar refractivity (Wildman–Crippen MR) is 78.5 cm³/mol. The molecule has 0 amide bonds. The van der Waals surface area contributed by atoms with E-state index in [-0.39, 0.29) is 17.3 Å². The van der Waals surface area contributed by atoms with Crippen LogP contribution in [-0.4, -0.2) is 32.3 Å².